The number of rotatable bonds is 6. The van der Waals surface area contributed by atoms with Crippen molar-refractivity contribution in [1.29, 1.82) is 0 Å². The number of alkyl halides is 2. The first kappa shape index (κ1) is 21.4. The molecule has 1 heterocycles. The average Bonchev–Trinajstić information content (AvgIpc) is 2.95. The van der Waals surface area contributed by atoms with Crippen molar-refractivity contribution in [3.05, 3.63) is 40.5 Å². The van der Waals surface area contributed by atoms with Crippen molar-refractivity contribution in [2.75, 3.05) is 7.05 Å². The third kappa shape index (κ3) is 6.98. The molecule has 2 rings (SSSR count). The Balaban J connectivity index is 0.00000312. The van der Waals surface area contributed by atoms with Crippen LogP contribution in [0.25, 0.3) is 0 Å². The van der Waals surface area contributed by atoms with Gasteiger partial charge in [0.1, 0.15) is 5.75 Å². The molecule has 25 heavy (non-hydrogen) atoms. The third-order valence-electron chi connectivity index (χ3n) is 2.89. The van der Waals surface area contributed by atoms with Crippen LogP contribution < -0.4 is 15.4 Å². The zero-order valence-corrected chi connectivity index (χ0v) is 16.5. The molecular formula is C14H17ClF2IN5O2. The van der Waals surface area contributed by atoms with Crippen molar-refractivity contribution >= 4 is 41.5 Å². The first-order chi connectivity index (χ1) is 11.5. The van der Waals surface area contributed by atoms with Crippen molar-refractivity contribution < 1.29 is 18.0 Å². The minimum atomic E-state index is -2.91. The third-order valence-corrected chi connectivity index (χ3v) is 3.13. The maximum atomic E-state index is 12.4. The predicted molar refractivity (Wildman–Crippen MR) is 99.6 cm³/mol. The summed E-state index contributed by atoms with van der Waals surface area (Å²) >= 11 is 5.90. The minimum absolute atomic E-state index is 0. The van der Waals surface area contributed by atoms with Crippen LogP contribution in [0.2, 0.25) is 5.02 Å². The number of nitrogens with one attached hydrogen (secondary N) is 2. The number of aryl methyl sites for hydroxylation is 1. The van der Waals surface area contributed by atoms with Gasteiger partial charge in [-0.2, -0.15) is 13.8 Å². The molecule has 138 valence electrons. The van der Waals surface area contributed by atoms with Crippen molar-refractivity contribution in [1.82, 2.24) is 20.8 Å². The van der Waals surface area contributed by atoms with E-state index < -0.39 is 6.61 Å². The quantitative estimate of drug-likeness (QED) is 0.370. The summed E-state index contributed by atoms with van der Waals surface area (Å²) in [5.74, 6) is 1.41. The molecule has 11 heteroatoms. The lowest BCUT2D eigenvalue weighted by molar-refractivity contribution is -0.0504. The van der Waals surface area contributed by atoms with Gasteiger partial charge in [0.05, 0.1) is 6.54 Å². The molecule has 0 saturated heterocycles. The lowest BCUT2D eigenvalue weighted by atomic mass is 10.2. The van der Waals surface area contributed by atoms with Crippen molar-refractivity contribution in [3.63, 3.8) is 0 Å². The van der Waals surface area contributed by atoms with E-state index in [1.807, 2.05) is 0 Å². The van der Waals surface area contributed by atoms with Crippen molar-refractivity contribution in [3.8, 4) is 5.75 Å². The van der Waals surface area contributed by atoms with Gasteiger partial charge in [-0.1, -0.05) is 16.8 Å². The van der Waals surface area contributed by atoms with E-state index in [9.17, 15) is 8.78 Å². The van der Waals surface area contributed by atoms with Gasteiger partial charge in [-0.3, -0.25) is 4.99 Å². The summed E-state index contributed by atoms with van der Waals surface area (Å²) in [5, 5.41) is 10.1. The molecule has 0 aliphatic carbocycles. The maximum Gasteiger partial charge on any atom is 0.387 e. The molecule has 0 aliphatic heterocycles. The molecule has 0 aliphatic rings. The van der Waals surface area contributed by atoms with Gasteiger partial charge < -0.3 is 19.9 Å². The second kappa shape index (κ2) is 10.3. The van der Waals surface area contributed by atoms with Crippen LogP contribution in [0.4, 0.5) is 8.78 Å². The Kier molecular flexibility index (Phi) is 8.83. The summed E-state index contributed by atoms with van der Waals surface area (Å²) in [6.45, 7) is -0.739. The van der Waals surface area contributed by atoms with Gasteiger partial charge in [0.15, 0.2) is 11.8 Å². The topological polar surface area (TPSA) is 84.6 Å². The first-order valence-electron chi connectivity index (χ1n) is 6.95. The molecule has 0 bridgehead atoms. The van der Waals surface area contributed by atoms with Gasteiger partial charge in [-0.25, -0.2) is 0 Å². The molecule has 0 unspecified atom stereocenters. The van der Waals surface area contributed by atoms with Crippen molar-refractivity contribution in [2.45, 2.75) is 26.6 Å². The van der Waals surface area contributed by atoms with E-state index in [0.717, 1.165) is 0 Å². The second-order valence-electron chi connectivity index (χ2n) is 4.64. The summed E-state index contributed by atoms with van der Waals surface area (Å²) in [5.41, 5.74) is 0.473. The normalized spacial score (nSPS) is 11.2. The van der Waals surface area contributed by atoms with E-state index in [1.165, 1.54) is 12.1 Å². The van der Waals surface area contributed by atoms with Crippen LogP contribution in [0.3, 0.4) is 0 Å². The maximum absolute atomic E-state index is 12.4. The summed E-state index contributed by atoms with van der Waals surface area (Å²) in [7, 11) is 1.57. The number of aliphatic imine (C=N–C) groups is 1. The molecule has 2 aromatic rings. The Hall–Kier alpha value is -1.69. The molecule has 0 radical (unpaired) electrons. The van der Waals surface area contributed by atoms with Gasteiger partial charge in [0.25, 0.3) is 0 Å². The van der Waals surface area contributed by atoms with Gasteiger partial charge in [0.2, 0.25) is 5.89 Å². The molecule has 1 aromatic carbocycles. The Bertz CT molecular complexity index is 714. The molecule has 0 atom stereocenters. The highest BCUT2D eigenvalue weighted by Gasteiger charge is 2.11. The smallest absolute Gasteiger partial charge is 0.387 e. The number of ether oxygens (including phenoxy) is 1. The average molecular weight is 488 g/mol. The number of hydrogen-bond donors (Lipinski definition) is 2. The van der Waals surface area contributed by atoms with E-state index in [-0.39, 0.29) is 36.3 Å². The Labute approximate surface area is 165 Å². The van der Waals surface area contributed by atoms with Crippen LogP contribution >= 0.6 is 35.6 Å². The van der Waals surface area contributed by atoms with E-state index in [0.29, 0.717) is 34.8 Å². The Morgan fingerprint density at radius 1 is 1.36 bits per heavy atom. The molecule has 1 aromatic heterocycles. The highest BCUT2D eigenvalue weighted by molar-refractivity contribution is 14.0. The molecule has 0 fully saturated rings. The standard InChI is InChI=1S/C14H16ClF2N5O2.HI/c1-8-21-12(22-24-8)7-20-14(18-2)19-6-9-5-10(15)3-4-11(9)23-13(16)17;/h3-5,13H,6-7H2,1-2H3,(H2,18,19,20);1H. The highest BCUT2D eigenvalue weighted by Crippen LogP contribution is 2.24. The number of nitrogens with zero attached hydrogens (tertiary/aromatic N) is 3. The van der Waals surface area contributed by atoms with E-state index in [4.69, 9.17) is 16.1 Å². The fraction of sp³-hybridized carbons (Fsp3) is 0.357. The Morgan fingerprint density at radius 3 is 2.68 bits per heavy atom. The monoisotopic (exact) mass is 487 g/mol. The van der Waals surface area contributed by atoms with Crippen molar-refractivity contribution in [2.24, 2.45) is 4.99 Å². The molecule has 0 saturated carbocycles. The van der Waals surface area contributed by atoms with Crippen LogP contribution in [0.1, 0.15) is 17.3 Å². The minimum Gasteiger partial charge on any atom is -0.434 e. The molecular weight excluding hydrogens is 471 g/mol. The number of aromatic nitrogens is 2. The summed E-state index contributed by atoms with van der Waals surface area (Å²) in [4.78, 5) is 8.07. The molecule has 2 N–H and O–H groups in total. The summed E-state index contributed by atoms with van der Waals surface area (Å²) < 4.78 is 34.2. The Morgan fingerprint density at radius 2 is 2.08 bits per heavy atom. The lowest BCUT2D eigenvalue weighted by Gasteiger charge is -2.14. The summed E-state index contributed by atoms with van der Waals surface area (Å²) in [6.07, 6.45) is 0. The van der Waals surface area contributed by atoms with Gasteiger partial charge >= 0.3 is 6.61 Å². The van der Waals surface area contributed by atoms with Gasteiger partial charge in [-0.05, 0) is 18.2 Å². The number of hydrogen-bond acceptors (Lipinski definition) is 5. The SMILES string of the molecule is CN=C(NCc1noc(C)n1)NCc1cc(Cl)ccc1OC(F)F.I. The fourth-order valence-corrected chi connectivity index (χ4v) is 2.07. The predicted octanol–water partition coefficient (Wildman–Crippen LogP) is 3.12. The van der Waals surface area contributed by atoms with Crippen LogP contribution in [0.15, 0.2) is 27.7 Å². The van der Waals surface area contributed by atoms with E-state index in [1.54, 1.807) is 20.0 Å². The lowest BCUT2D eigenvalue weighted by Crippen LogP contribution is -2.36. The van der Waals surface area contributed by atoms with E-state index >= 15 is 0 Å². The largest absolute Gasteiger partial charge is 0.434 e. The molecule has 0 amide bonds. The fourth-order valence-electron chi connectivity index (χ4n) is 1.87. The van der Waals surface area contributed by atoms with Crippen LogP contribution in [0.5, 0.6) is 5.75 Å². The van der Waals surface area contributed by atoms with Crippen LogP contribution in [-0.2, 0) is 13.1 Å². The second-order valence-corrected chi connectivity index (χ2v) is 5.08. The highest BCUT2D eigenvalue weighted by atomic mass is 127. The van der Waals surface area contributed by atoms with E-state index in [2.05, 4.69) is 30.5 Å². The number of halogens is 4. The first-order valence-corrected chi connectivity index (χ1v) is 7.32. The zero-order chi connectivity index (χ0) is 17.5. The number of guanidine groups is 1. The molecule has 0 spiro atoms. The van der Waals surface area contributed by atoms with Gasteiger partial charge in [0, 0.05) is 31.1 Å². The van der Waals surface area contributed by atoms with Crippen LogP contribution in [0, 0.1) is 6.92 Å². The summed E-state index contributed by atoms with van der Waals surface area (Å²) in [6, 6.07) is 4.42. The number of benzene rings is 1. The molecule has 7 nitrogen and oxygen atoms in total. The zero-order valence-electron chi connectivity index (χ0n) is 13.4. The van der Waals surface area contributed by atoms with Gasteiger partial charge in [-0.15, -0.1) is 24.0 Å². The van der Waals surface area contributed by atoms with Crippen LogP contribution in [-0.4, -0.2) is 29.8 Å².